The van der Waals surface area contributed by atoms with E-state index in [9.17, 15) is 18.9 Å². The minimum Gasteiger partial charge on any atom is -0.489 e. The second kappa shape index (κ2) is 17.2. The number of carboxylic acid groups (broad SMARTS) is 1. The highest BCUT2D eigenvalue weighted by atomic mass is 32.2. The van der Waals surface area contributed by atoms with E-state index in [1.54, 1.807) is 30.3 Å². The lowest BCUT2D eigenvalue weighted by molar-refractivity contribution is -0.137. The van der Waals surface area contributed by atoms with Crippen molar-refractivity contribution in [1.29, 1.82) is 0 Å². The van der Waals surface area contributed by atoms with Gasteiger partial charge in [0.25, 0.3) is 5.91 Å². The Balaban J connectivity index is 1.39. The zero-order valence-corrected chi connectivity index (χ0v) is 26.8. The van der Waals surface area contributed by atoms with Crippen molar-refractivity contribution in [3.63, 3.8) is 0 Å². The first-order valence-electron chi connectivity index (χ1n) is 15.5. The predicted molar refractivity (Wildman–Crippen MR) is 174 cm³/mol. The molecule has 5 N–H and O–H groups in total. The number of anilines is 2. The SMILES string of the molecule is Nc1ncc2nc1C(=O)Nc1cccc(CNCC3CCOCC3)c1OCCOCCOCCN(CC(=O)O)S(=O)c1ccc-2cc1. The van der Waals surface area contributed by atoms with E-state index >= 15 is 0 Å². The Labute approximate surface area is 275 Å². The molecule has 3 aliphatic rings. The number of nitrogens with zero attached hydrogens (tertiary/aromatic N) is 3. The fraction of sp³-hybridized carbons (Fsp3) is 0.438. The number of hydrogen-bond donors (Lipinski definition) is 4. The third-order valence-corrected chi connectivity index (χ3v) is 9.14. The number of para-hydroxylation sites is 1. The van der Waals surface area contributed by atoms with E-state index in [1.807, 2.05) is 12.1 Å². The van der Waals surface area contributed by atoms with Crippen molar-refractivity contribution in [3.05, 3.63) is 59.9 Å². The minimum atomic E-state index is -1.76. The van der Waals surface area contributed by atoms with Crippen molar-refractivity contribution in [2.45, 2.75) is 24.3 Å². The fourth-order valence-electron chi connectivity index (χ4n) is 5.19. The number of fused-ring (bicyclic) bond motifs is 13. The van der Waals surface area contributed by atoms with E-state index < -0.39 is 29.4 Å². The van der Waals surface area contributed by atoms with Gasteiger partial charge in [0.1, 0.15) is 29.9 Å². The molecule has 4 bridgehead atoms. The van der Waals surface area contributed by atoms with Gasteiger partial charge in [-0.15, -0.1) is 0 Å². The van der Waals surface area contributed by atoms with E-state index in [1.165, 1.54) is 10.5 Å². The van der Waals surface area contributed by atoms with Gasteiger partial charge in [-0.25, -0.2) is 18.5 Å². The summed E-state index contributed by atoms with van der Waals surface area (Å²) >= 11 is 0. The van der Waals surface area contributed by atoms with Crippen LogP contribution in [0.15, 0.2) is 53.6 Å². The predicted octanol–water partition coefficient (Wildman–Crippen LogP) is 2.33. The molecule has 0 radical (unpaired) electrons. The molecule has 1 amide bonds. The number of carbonyl (C=O) groups is 2. The van der Waals surface area contributed by atoms with Gasteiger partial charge in [-0.2, -0.15) is 0 Å². The average molecular weight is 669 g/mol. The lowest BCUT2D eigenvalue weighted by Crippen LogP contribution is -2.34. The standard InChI is InChI=1S/C32H40N6O8S/c33-31-29-32(41)37-26-3-1-2-24(19-34-18-22-8-11-43-12-9-22)30(26)46-17-16-45-15-14-44-13-10-38(21-28(39)40)47(42)25-6-4-23(5-7-25)27(36-29)20-35-31/h1-7,20,22,34H,8-19,21H2,(H2,33,35)(H,37,41)(H,39,40). The van der Waals surface area contributed by atoms with Gasteiger partial charge in [-0.05, 0) is 43.5 Å². The van der Waals surface area contributed by atoms with E-state index in [0.717, 1.165) is 38.2 Å². The van der Waals surface area contributed by atoms with Crippen LogP contribution in [0, 0.1) is 5.92 Å². The van der Waals surface area contributed by atoms with Gasteiger partial charge in [0.2, 0.25) is 0 Å². The number of nitrogens with one attached hydrogen (secondary N) is 2. The van der Waals surface area contributed by atoms with Crippen molar-refractivity contribution in [3.8, 4) is 17.0 Å². The number of ether oxygens (including phenoxy) is 4. The minimum absolute atomic E-state index is 0.0462. The number of nitrogens with two attached hydrogens (primary N) is 1. The molecule has 3 aromatic rings. The molecule has 1 atom stereocenters. The highest BCUT2D eigenvalue weighted by molar-refractivity contribution is 7.82. The molecule has 252 valence electrons. The molecule has 0 saturated carbocycles. The van der Waals surface area contributed by atoms with Gasteiger partial charge in [0, 0.05) is 37.4 Å². The fourth-order valence-corrected chi connectivity index (χ4v) is 6.33. The summed E-state index contributed by atoms with van der Waals surface area (Å²) in [6.07, 6.45) is 3.47. The molecule has 2 aromatic carbocycles. The normalized spacial score (nSPS) is 19.1. The number of amides is 1. The summed E-state index contributed by atoms with van der Waals surface area (Å²) in [5.41, 5.74) is 8.33. The first-order valence-corrected chi connectivity index (χ1v) is 16.6. The Morgan fingerprint density at radius 3 is 2.51 bits per heavy atom. The monoisotopic (exact) mass is 668 g/mol. The molecule has 6 rings (SSSR count). The molecule has 0 spiro atoms. The van der Waals surface area contributed by atoms with Crippen LogP contribution in [0.4, 0.5) is 11.5 Å². The number of carbonyl (C=O) groups excluding carboxylic acids is 1. The van der Waals surface area contributed by atoms with Crippen LogP contribution in [-0.4, -0.2) is 101 Å². The largest absolute Gasteiger partial charge is 0.489 e. The third-order valence-electron chi connectivity index (χ3n) is 7.68. The second-order valence-electron chi connectivity index (χ2n) is 11.0. The smallest absolute Gasteiger partial charge is 0.318 e. The van der Waals surface area contributed by atoms with E-state index in [0.29, 0.717) is 40.1 Å². The third kappa shape index (κ3) is 9.76. The van der Waals surface area contributed by atoms with Crippen LogP contribution in [0.2, 0.25) is 0 Å². The Morgan fingerprint density at radius 1 is 1.02 bits per heavy atom. The number of nitrogen functional groups attached to an aromatic ring is 1. The quantitative estimate of drug-likeness (QED) is 0.281. The lowest BCUT2D eigenvalue weighted by Gasteiger charge is -2.23. The molecule has 1 aromatic heterocycles. The summed E-state index contributed by atoms with van der Waals surface area (Å²) in [5.74, 6) is -0.676. The van der Waals surface area contributed by atoms with Crippen molar-refractivity contribution in [1.82, 2.24) is 19.6 Å². The summed E-state index contributed by atoms with van der Waals surface area (Å²) in [7, 11) is -1.76. The molecule has 1 saturated heterocycles. The summed E-state index contributed by atoms with van der Waals surface area (Å²) in [4.78, 5) is 34.1. The molecular formula is C32H40N6O8S. The van der Waals surface area contributed by atoms with Gasteiger partial charge in [0.15, 0.2) is 11.5 Å². The molecule has 14 nitrogen and oxygen atoms in total. The summed E-state index contributed by atoms with van der Waals surface area (Å²) < 4.78 is 37.5. The van der Waals surface area contributed by atoms with Gasteiger partial charge in [0.05, 0.1) is 48.9 Å². The Hall–Kier alpha value is -3.99. The van der Waals surface area contributed by atoms with Gasteiger partial charge in [-0.1, -0.05) is 24.3 Å². The van der Waals surface area contributed by atoms with Crippen LogP contribution in [0.1, 0.15) is 28.9 Å². The zero-order chi connectivity index (χ0) is 33.0. The molecule has 0 aliphatic carbocycles. The highest BCUT2D eigenvalue weighted by Crippen LogP contribution is 2.30. The zero-order valence-electron chi connectivity index (χ0n) is 26.0. The van der Waals surface area contributed by atoms with Gasteiger partial charge >= 0.3 is 5.97 Å². The van der Waals surface area contributed by atoms with Crippen LogP contribution < -0.4 is 21.1 Å². The second-order valence-corrected chi connectivity index (χ2v) is 12.5. The topological polar surface area (TPSA) is 187 Å². The summed E-state index contributed by atoms with van der Waals surface area (Å²) in [5, 5.41) is 15.8. The molecule has 15 heteroatoms. The maximum atomic E-state index is 13.6. The summed E-state index contributed by atoms with van der Waals surface area (Å²) in [6, 6.07) is 12.1. The molecule has 1 fully saturated rings. The Morgan fingerprint density at radius 2 is 1.74 bits per heavy atom. The van der Waals surface area contributed by atoms with Crippen LogP contribution in [0.25, 0.3) is 11.3 Å². The average Bonchev–Trinajstić information content (AvgIpc) is 3.07. The number of hydrogen-bond acceptors (Lipinski definition) is 11. The van der Waals surface area contributed by atoms with E-state index in [-0.39, 0.29) is 51.1 Å². The molecular weight excluding hydrogens is 628 g/mol. The van der Waals surface area contributed by atoms with E-state index in [2.05, 4.69) is 20.6 Å². The first kappa shape index (κ1) is 34.3. The Bertz CT molecular complexity index is 1540. The van der Waals surface area contributed by atoms with Crippen LogP contribution >= 0.6 is 0 Å². The lowest BCUT2D eigenvalue weighted by atomic mass is 10.0. The van der Waals surface area contributed by atoms with Crippen LogP contribution in [0.3, 0.4) is 0 Å². The van der Waals surface area contributed by atoms with Crippen molar-refractivity contribution >= 4 is 34.4 Å². The maximum Gasteiger partial charge on any atom is 0.318 e. The van der Waals surface area contributed by atoms with Crippen molar-refractivity contribution in [2.24, 2.45) is 5.92 Å². The summed E-state index contributed by atoms with van der Waals surface area (Å²) in [6.45, 7) is 3.79. The number of carboxylic acids is 1. The first-order chi connectivity index (χ1) is 22.9. The molecule has 3 aliphatic heterocycles. The van der Waals surface area contributed by atoms with Crippen molar-refractivity contribution < 1.29 is 37.9 Å². The van der Waals surface area contributed by atoms with Crippen LogP contribution in [0.5, 0.6) is 5.75 Å². The molecule has 1 unspecified atom stereocenters. The maximum absolute atomic E-state index is 13.6. The number of aliphatic carboxylic acids is 1. The van der Waals surface area contributed by atoms with E-state index in [4.69, 9.17) is 24.7 Å². The highest BCUT2D eigenvalue weighted by Gasteiger charge is 2.21. The van der Waals surface area contributed by atoms with Crippen LogP contribution in [-0.2, 0) is 36.5 Å². The van der Waals surface area contributed by atoms with Gasteiger partial charge in [-0.3, -0.25) is 9.59 Å². The number of benzene rings is 2. The number of aromatic nitrogens is 2. The van der Waals surface area contributed by atoms with Gasteiger partial charge < -0.3 is 40.4 Å². The van der Waals surface area contributed by atoms with Crippen molar-refractivity contribution in [2.75, 3.05) is 76.9 Å². The molecule has 4 heterocycles. The number of rotatable bonds is 6. The Kier molecular flexibility index (Phi) is 12.6. The molecule has 47 heavy (non-hydrogen) atoms.